The van der Waals surface area contributed by atoms with Gasteiger partial charge < -0.3 is 28.8 Å². The highest BCUT2D eigenvalue weighted by Crippen LogP contribution is 2.54. The van der Waals surface area contributed by atoms with E-state index in [9.17, 15) is 9.90 Å². The monoisotopic (exact) mass is 398 g/mol. The minimum Gasteiger partial charge on any atom is -0.496 e. The number of fused-ring (bicyclic) bond motifs is 3. The number of carbonyl (C=O) groups excluding carboxylic acids is 1. The first kappa shape index (κ1) is 18.1. The largest absolute Gasteiger partial charge is 0.496 e. The summed E-state index contributed by atoms with van der Waals surface area (Å²) in [6, 6.07) is 7.54. The fourth-order valence-electron chi connectivity index (χ4n) is 4.82. The second kappa shape index (κ2) is 6.56. The zero-order valence-electron chi connectivity index (χ0n) is 16.4. The molecule has 0 bridgehead atoms. The summed E-state index contributed by atoms with van der Waals surface area (Å²) in [5.41, 5.74) is 3.31. The molecule has 0 radical (unpaired) electrons. The van der Waals surface area contributed by atoms with Gasteiger partial charge in [-0.2, -0.15) is 0 Å². The fourth-order valence-corrected chi connectivity index (χ4v) is 4.82. The van der Waals surface area contributed by atoms with E-state index < -0.39 is 12.0 Å². The van der Waals surface area contributed by atoms with Gasteiger partial charge in [-0.3, -0.25) is 4.79 Å². The van der Waals surface area contributed by atoms with Gasteiger partial charge in [-0.15, -0.1) is 0 Å². The lowest BCUT2D eigenvalue weighted by Crippen LogP contribution is -2.34. The van der Waals surface area contributed by atoms with Crippen LogP contribution in [-0.2, 0) is 9.53 Å². The van der Waals surface area contributed by atoms with E-state index in [0.717, 1.165) is 22.3 Å². The zero-order chi connectivity index (χ0) is 20.3. The van der Waals surface area contributed by atoms with Crippen LogP contribution in [0.2, 0.25) is 0 Å². The normalized spacial score (nSPS) is 26.6. The smallest absolute Gasteiger partial charge is 0.310 e. The van der Waals surface area contributed by atoms with Crippen LogP contribution in [0.3, 0.4) is 0 Å². The molecule has 2 heterocycles. The van der Waals surface area contributed by atoms with Gasteiger partial charge in [0.05, 0.1) is 32.8 Å². The SMILES string of the molecule is COc1cc(C2c3cc4c(cc3[C@@H](O)[C@H]3COC(=O)[C@H]23)OCO4)cc(OC)c1C. The van der Waals surface area contributed by atoms with Crippen molar-refractivity contribution in [1.82, 2.24) is 0 Å². The van der Waals surface area contributed by atoms with Crippen LogP contribution >= 0.6 is 0 Å². The van der Waals surface area contributed by atoms with Crippen molar-refractivity contribution in [3.8, 4) is 23.0 Å². The van der Waals surface area contributed by atoms with E-state index >= 15 is 0 Å². The van der Waals surface area contributed by atoms with Crippen LogP contribution in [-0.4, -0.2) is 38.7 Å². The van der Waals surface area contributed by atoms with Crippen molar-refractivity contribution < 1.29 is 33.6 Å². The molecule has 2 aliphatic heterocycles. The van der Waals surface area contributed by atoms with Gasteiger partial charge in [0, 0.05) is 17.4 Å². The molecule has 152 valence electrons. The lowest BCUT2D eigenvalue weighted by molar-refractivity contribution is -0.141. The summed E-state index contributed by atoms with van der Waals surface area (Å²) in [6.07, 6.45) is -0.818. The van der Waals surface area contributed by atoms with Gasteiger partial charge in [0.2, 0.25) is 6.79 Å². The predicted molar refractivity (Wildman–Crippen MR) is 102 cm³/mol. The maximum atomic E-state index is 12.7. The van der Waals surface area contributed by atoms with Crippen molar-refractivity contribution in [2.45, 2.75) is 18.9 Å². The average Bonchev–Trinajstić information content (AvgIpc) is 3.34. The van der Waals surface area contributed by atoms with Crippen molar-refractivity contribution in [2.24, 2.45) is 11.8 Å². The minimum absolute atomic E-state index is 0.139. The first-order valence-electron chi connectivity index (χ1n) is 9.54. The van der Waals surface area contributed by atoms with Crippen LogP contribution in [0.15, 0.2) is 24.3 Å². The summed E-state index contributed by atoms with van der Waals surface area (Å²) in [5.74, 6) is 1.09. The topological polar surface area (TPSA) is 83.5 Å². The fraction of sp³-hybridized carbons (Fsp3) is 0.409. The van der Waals surface area contributed by atoms with Crippen LogP contribution in [0.25, 0.3) is 0 Å². The van der Waals surface area contributed by atoms with E-state index in [-0.39, 0.29) is 31.2 Å². The molecule has 0 spiro atoms. The van der Waals surface area contributed by atoms with Gasteiger partial charge in [-0.1, -0.05) is 0 Å². The van der Waals surface area contributed by atoms with Crippen molar-refractivity contribution in [2.75, 3.05) is 27.6 Å². The summed E-state index contributed by atoms with van der Waals surface area (Å²) in [6.45, 7) is 2.25. The number of hydrogen-bond acceptors (Lipinski definition) is 7. The van der Waals surface area contributed by atoms with E-state index in [1.165, 1.54) is 0 Å². The predicted octanol–water partition coefficient (Wildman–Crippen LogP) is 2.71. The quantitative estimate of drug-likeness (QED) is 0.796. The molecule has 0 aromatic heterocycles. The number of aliphatic hydroxyl groups excluding tert-OH is 1. The Balaban J connectivity index is 1.75. The van der Waals surface area contributed by atoms with Crippen LogP contribution < -0.4 is 18.9 Å². The molecule has 1 N–H and O–H groups in total. The van der Waals surface area contributed by atoms with Gasteiger partial charge in [0.25, 0.3) is 0 Å². The molecule has 3 aliphatic rings. The van der Waals surface area contributed by atoms with Crippen LogP contribution in [0.1, 0.15) is 34.3 Å². The lowest BCUT2D eigenvalue weighted by atomic mass is 9.66. The van der Waals surface area contributed by atoms with Crippen LogP contribution in [0, 0.1) is 18.8 Å². The molecule has 5 rings (SSSR count). The number of methoxy groups -OCH3 is 2. The van der Waals surface area contributed by atoms with Gasteiger partial charge >= 0.3 is 5.97 Å². The summed E-state index contributed by atoms with van der Waals surface area (Å²) >= 11 is 0. The third kappa shape index (κ3) is 2.57. The Morgan fingerprint density at radius 1 is 0.966 bits per heavy atom. The molecule has 2 aromatic carbocycles. The Labute approximate surface area is 168 Å². The number of aliphatic hydroxyl groups is 1. The maximum Gasteiger partial charge on any atom is 0.310 e. The van der Waals surface area contributed by atoms with E-state index in [1.54, 1.807) is 14.2 Å². The first-order valence-corrected chi connectivity index (χ1v) is 9.54. The maximum absolute atomic E-state index is 12.7. The molecule has 0 saturated carbocycles. The first-order chi connectivity index (χ1) is 14.0. The second-order valence-electron chi connectivity index (χ2n) is 7.63. The number of ether oxygens (including phenoxy) is 5. The molecular formula is C22H22O7. The van der Waals surface area contributed by atoms with Crippen molar-refractivity contribution >= 4 is 5.97 Å². The van der Waals surface area contributed by atoms with E-state index in [0.29, 0.717) is 23.0 Å². The minimum atomic E-state index is -0.818. The molecule has 29 heavy (non-hydrogen) atoms. The zero-order valence-corrected chi connectivity index (χ0v) is 16.4. The molecule has 1 aliphatic carbocycles. The Morgan fingerprint density at radius 3 is 2.21 bits per heavy atom. The van der Waals surface area contributed by atoms with Gasteiger partial charge in [0.1, 0.15) is 11.5 Å². The number of cyclic esters (lactones) is 1. The second-order valence-corrected chi connectivity index (χ2v) is 7.63. The number of hydrogen-bond donors (Lipinski definition) is 1. The summed E-state index contributed by atoms with van der Waals surface area (Å²) in [7, 11) is 3.21. The van der Waals surface area contributed by atoms with Crippen molar-refractivity contribution in [3.05, 3.63) is 46.5 Å². The van der Waals surface area contributed by atoms with E-state index in [2.05, 4.69) is 0 Å². The Kier molecular flexibility index (Phi) is 4.10. The Bertz CT molecular complexity index is 974. The molecular weight excluding hydrogens is 376 g/mol. The molecule has 0 amide bonds. The lowest BCUT2D eigenvalue weighted by Gasteiger charge is -2.37. The van der Waals surface area contributed by atoms with Crippen LogP contribution in [0.4, 0.5) is 0 Å². The van der Waals surface area contributed by atoms with Gasteiger partial charge in [-0.05, 0) is 47.9 Å². The summed E-state index contributed by atoms with van der Waals surface area (Å²) in [4.78, 5) is 12.7. The number of carbonyl (C=O) groups is 1. The highest BCUT2D eigenvalue weighted by molar-refractivity contribution is 5.78. The number of esters is 1. The van der Waals surface area contributed by atoms with Crippen molar-refractivity contribution in [3.63, 3.8) is 0 Å². The molecule has 7 heteroatoms. The highest BCUT2D eigenvalue weighted by Gasteiger charge is 2.52. The molecule has 1 fully saturated rings. The van der Waals surface area contributed by atoms with Gasteiger partial charge in [-0.25, -0.2) is 0 Å². The molecule has 1 saturated heterocycles. The third-order valence-electron chi connectivity index (χ3n) is 6.28. The number of rotatable bonds is 3. The Hall–Kier alpha value is -2.93. The van der Waals surface area contributed by atoms with Crippen LogP contribution in [0.5, 0.6) is 23.0 Å². The molecule has 4 atom stereocenters. The Morgan fingerprint density at radius 2 is 1.59 bits per heavy atom. The highest BCUT2D eigenvalue weighted by atomic mass is 16.7. The molecule has 2 aromatic rings. The third-order valence-corrected chi connectivity index (χ3v) is 6.28. The summed E-state index contributed by atoms with van der Waals surface area (Å²) < 4.78 is 27.5. The standard InChI is InChI=1S/C22H22O7/c1-10-15(25-2)4-11(5-16(10)26-3)19-12-6-17-18(29-9-28-17)7-13(12)21(23)14-8-27-22(24)20(14)19/h4-7,14,19-21,23H,8-9H2,1-3H3/t14-,19?,20-,21+/m0/s1. The van der Waals surface area contributed by atoms with E-state index in [1.807, 2.05) is 31.2 Å². The van der Waals surface area contributed by atoms with Gasteiger partial charge in [0.15, 0.2) is 11.5 Å². The van der Waals surface area contributed by atoms with E-state index in [4.69, 9.17) is 23.7 Å². The number of benzene rings is 2. The molecule has 1 unspecified atom stereocenters. The average molecular weight is 398 g/mol. The summed E-state index contributed by atoms with van der Waals surface area (Å²) in [5, 5.41) is 11.0. The van der Waals surface area contributed by atoms with Crippen molar-refractivity contribution in [1.29, 1.82) is 0 Å². The molecule has 7 nitrogen and oxygen atoms in total.